The molecular weight excluding hydrogens is 280 g/mol. The Bertz CT molecular complexity index is 604. The van der Waals surface area contributed by atoms with Gasteiger partial charge in [0, 0.05) is 5.56 Å². The van der Waals surface area contributed by atoms with Crippen molar-refractivity contribution in [1.82, 2.24) is 0 Å². The molecule has 1 saturated carbocycles. The minimum atomic E-state index is -0.181. The van der Waals surface area contributed by atoms with Gasteiger partial charge in [0.25, 0.3) is 5.91 Å². The van der Waals surface area contributed by atoms with Gasteiger partial charge in [-0.2, -0.15) is 0 Å². The lowest BCUT2D eigenvalue weighted by atomic mass is 10.1. The molecule has 1 aromatic rings. The molecule has 0 aromatic heterocycles. The summed E-state index contributed by atoms with van der Waals surface area (Å²) >= 11 is 0. The first-order valence-corrected chi connectivity index (χ1v) is 7.88. The summed E-state index contributed by atoms with van der Waals surface area (Å²) in [4.78, 5) is 24.0. The van der Waals surface area contributed by atoms with Gasteiger partial charge in [-0.05, 0) is 43.9 Å². The highest BCUT2D eigenvalue weighted by Crippen LogP contribution is 2.30. The summed E-state index contributed by atoms with van der Waals surface area (Å²) in [6.07, 6.45) is 4.94. The Morgan fingerprint density at radius 3 is 2.77 bits per heavy atom. The standard InChI is InChI=1S/C17H22N2O3/c1-19(2,13-5-3-4-6-13)10-15(20)12-7-8-16-14(9-12)18-17(21)11-22-16/h7-9,13H,3-6,10-11H2,1-2H3/p+1. The number of fused-ring (bicyclic) bond motifs is 1. The molecule has 0 bridgehead atoms. The van der Waals surface area contributed by atoms with Gasteiger partial charge in [0.15, 0.2) is 6.61 Å². The molecule has 1 fully saturated rings. The second-order valence-electron chi connectivity index (χ2n) is 6.85. The van der Waals surface area contributed by atoms with Gasteiger partial charge >= 0.3 is 0 Å². The van der Waals surface area contributed by atoms with Crippen molar-refractivity contribution >= 4 is 17.4 Å². The molecule has 0 spiro atoms. The van der Waals surface area contributed by atoms with E-state index in [0.29, 0.717) is 29.6 Å². The molecule has 1 amide bonds. The van der Waals surface area contributed by atoms with E-state index in [-0.39, 0.29) is 18.3 Å². The lowest BCUT2D eigenvalue weighted by Crippen LogP contribution is -2.50. The van der Waals surface area contributed by atoms with Gasteiger partial charge in [0.05, 0.1) is 25.8 Å². The zero-order chi connectivity index (χ0) is 15.7. The Morgan fingerprint density at radius 1 is 1.32 bits per heavy atom. The van der Waals surface area contributed by atoms with Crippen molar-refractivity contribution in [1.29, 1.82) is 0 Å². The average Bonchev–Trinajstić information content (AvgIpc) is 3.01. The molecule has 0 saturated heterocycles. The first kappa shape index (κ1) is 15.0. The van der Waals surface area contributed by atoms with Crippen molar-refractivity contribution < 1.29 is 18.8 Å². The number of hydrogen-bond acceptors (Lipinski definition) is 3. The summed E-state index contributed by atoms with van der Waals surface area (Å²) < 4.78 is 6.06. The molecule has 1 aliphatic heterocycles. The van der Waals surface area contributed by atoms with Crippen LogP contribution in [0.4, 0.5) is 5.69 Å². The Hall–Kier alpha value is -1.88. The van der Waals surface area contributed by atoms with E-state index in [0.717, 1.165) is 4.48 Å². The minimum absolute atomic E-state index is 0.0336. The number of nitrogens with zero attached hydrogens (tertiary/aromatic N) is 1. The highest BCUT2D eigenvalue weighted by molar-refractivity contribution is 6.01. The Morgan fingerprint density at radius 2 is 2.05 bits per heavy atom. The van der Waals surface area contributed by atoms with Crippen LogP contribution in [-0.2, 0) is 4.79 Å². The molecule has 2 aliphatic rings. The van der Waals surface area contributed by atoms with E-state index in [4.69, 9.17) is 4.74 Å². The SMILES string of the molecule is C[N+](C)(CC(=O)c1ccc2c(c1)NC(=O)CO2)C1CCCC1. The maximum atomic E-state index is 12.6. The fourth-order valence-corrected chi connectivity index (χ4v) is 3.45. The number of amides is 1. The minimum Gasteiger partial charge on any atom is -0.482 e. The molecule has 0 radical (unpaired) electrons. The fraction of sp³-hybridized carbons (Fsp3) is 0.529. The largest absolute Gasteiger partial charge is 0.482 e. The van der Waals surface area contributed by atoms with E-state index < -0.39 is 0 Å². The predicted octanol–water partition coefficient (Wildman–Crippen LogP) is 2.22. The number of carbonyl (C=O) groups is 2. The van der Waals surface area contributed by atoms with Gasteiger partial charge in [-0.3, -0.25) is 9.59 Å². The van der Waals surface area contributed by atoms with Gasteiger partial charge < -0.3 is 14.5 Å². The number of likely N-dealkylation sites (N-methyl/N-ethyl adjacent to an activating group) is 1. The first-order chi connectivity index (χ1) is 10.5. The van der Waals surface area contributed by atoms with Crippen LogP contribution in [0.5, 0.6) is 5.75 Å². The van der Waals surface area contributed by atoms with Crippen molar-refractivity contribution in [3.05, 3.63) is 23.8 Å². The molecule has 1 aromatic carbocycles. The van der Waals surface area contributed by atoms with E-state index >= 15 is 0 Å². The van der Waals surface area contributed by atoms with Crippen LogP contribution < -0.4 is 10.1 Å². The first-order valence-electron chi connectivity index (χ1n) is 7.88. The summed E-state index contributed by atoms with van der Waals surface area (Å²) in [5, 5.41) is 2.75. The molecule has 3 rings (SSSR count). The summed E-state index contributed by atoms with van der Waals surface area (Å²) in [6.45, 7) is 0.518. The van der Waals surface area contributed by atoms with Crippen LogP contribution in [0.15, 0.2) is 18.2 Å². The number of nitrogens with one attached hydrogen (secondary N) is 1. The molecule has 1 heterocycles. The van der Waals surface area contributed by atoms with Gasteiger partial charge in [-0.1, -0.05) is 0 Å². The molecular formula is C17H23N2O3+. The Labute approximate surface area is 130 Å². The van der Waals surface area contributed by atoms with Gasteiger partial charge in [0.2, 0.25) is 5.78 Å². The third-order valence-electron chi connectivity index (χ3n) is 4.80. The molecule has 118 valence electrons. The molecule has 22 heavy (non-hydrogen) atoms. The highest BCUT2D eigenvalue weighted by atomic mass is 16.5. The molecule has 5 heteroatoms. The average molecular weight is 303 g/mol. The van der Waals surface area contributed by atoms with E-state index in [1.54, 1.807) is 18.2 Å². The number of benzene rings is 1. The predicted molar refractivity (Wildman–Crippen MR) is 84.1 cm³/mol. The fourth-order valence-electron chi connectivity index (χ4n) is 3.45. The van der Waals surface area contributed by atoms with Gasteiger partial charge in [0.1, 0.15) is 12.3 Å². The van der Waals surface area contributed by atoms with Gasteiger partial charge in [-0.25, -0.2) is 0 Å². The third-order valence-corrected chi connectivity index (χ3v) is 4.80. The van der Waals surface area contributed by atoms with Crippen molar-refractivity contribution in [2.75, 3.05) is 32.6 Å². The summed E-state index contributed by atoms with van der Waals surface area (Å²) in [6, 6.07) is 5.85. The van der Waals surface area contributed by atoms with Crippen molar-refractivity contribution in [2.45, 2.75) is 31.7 Å². The van der Waals surface area contributed by atoms with Crippen LogP contribution in [0.3, 0.4) is 0 Å². The number of Topliss-reactive ketones (excluding diaryl/α,β-unsaturated/α-hetero) is 1. The third kappa shape index (κ3) is 2.99. The maximum Gasteiger partial charge on any atom is 0.262 e. The number of carbonyl (C=O) groups excluding carboxylic acids is 2. The summed E-state index contributed by atoms with van der Waals surface area (Å²) in [5.41, 5.74) is 1.22. The molecule has 0 atom stereocenters. The summed E-state index contributed by atoms with van der Waals surface area (Å²) in [5.74, 6) is 0.555. The zero-order valence-corrected chi connectivity index (χ0v) is 13.2. The maximum absolute atomic E-state index is 12.6. The smallest absolute Gasteiger partial charge is 0.262 e. The van der Waals surface area contributed by atoms with Gasteiger partial charge in [-0.15, -0.1) is 0 Å². The van der Waals surface area contributed by atoms with E-state index in [1.165, 1.54) is 25.7 Å². The molecule has 5 nitrogen and oxygen atoms in total. The Balaban J connectivity index is 1.75. The summed E-state index contributed by atoms with van der Waals surface area (Å²) in [7, 11) is 4.27. The van der Waals surface area contributed by atoms with Crippen LogP contribution in [0.25, 0.3) is 0 Å². The quantitative estimate of drug-likeness (QED) is 0.685. The number of rotatable bonds is 4. The van der Waals surface area contributed by atoms with Crippen LogP contribution in [-0.4, -0.2) is 49.5 Å². The van der Waals surface area contributed by atoms with Crippen LogP contribution in [0.1, 0.15) is 36.0 Å². The van der Waals surface area contributed by atoms with Crippen LogP contribution in [0, 0.1) is 0 Å². The van der Waals surface area contributed by atoms with E-state index in [2.05, 4.69) is 19.4 Å². The molecule has 1 N–H and O–H groups in total. The molecule has 0 unspecified atom stereocenters. The second-order valence-corrected chi connectivity index (χ2v) is 6.85. The lowest BCUT2D eigenvalue weighted by Gasteiger charge is -2.35. The number of ether oxygens (including phenoxy) is 1. The highest BCUT2D eigenvalue weighted by Gasteiger charge is 2.33. The monoisotopic (exact) mass is 303 g/mol. The number of quaternary nitrogens is 1. The lowest BCUT2D eigenvalue weighted by molar-refractivity contribution is -0.906. The van der Waals surface area contributed by atoms with Crippen molar-refractivity contribution in [2.24, 2.45) is 0 Å². The van der Waals surface area contributed by atoms with E-state index in [9.17, 15) is 9.59 Å². The van der Waals surface area contributed by atoms with E-state index in [1.807, 2.05) is 0 Å². The second kappa shape index (κ2) is 5.72. The number of anilines is 1. The topological polar surface area (TPSA) is 55.4 Å². The number of ketones is 1. The van der Waals surface area contributed by atoms with Crippen molar-refractivity contribution in [3.8, 4) is 5.75 Å². The zero-order valence-electron chi connectivity index (χ0n) is 13.2. The Kier molecular flexibility index (Phi) is 3.91. The van der Waals surface area contributed by atoms with Crippen LogP contribution >= 0.6 is 0 Å². The van der Waals surface area contributed by atoms with Crippen LogP contribution in [0.2, 0.25) is 0 Å². The van der Waals surface area contributed by atoms with Crippen molar-refractivity contribution in [3.63, 3.8) is 0 Å². The number of hydrogen-bond donors (Lipinski definition) is 1. The molecule has 1 aliphatic carbocycles. The normalized spacial score (nSPS) is 18.5.